The Kier molecular flexibility index (Phi) is 13.5. The van der Waals surface area contributed by atoms with Crippen LogP contribution < -0.4 is 10.6 Å². The zero-order chi connectivity index (χ0) is 43.2. The number of halogens is 5. The van der Waals surface area contributed by atoms with E-state index in [2.05, 4.69) is 30.5 Å². The van der Waals surface area contributed by atoms with Gasteiger partial charge in [-0.1, -0.05) is 96.2 Å². The van der Waals surface area contributed by atoms with E-state index < -0.39 is 59.2 Å². The largest absolute Gasteiger partial charge is 0.490 e. The Bertz CT molecular complexity index is 2140. The van der Waals surface area contributed by atoms with Crippen LogP contribution in [0, 0.1) is 0 Å². The number of carboxylic acids is 2. The molecule has 316 valence electrons. The number of amides is 2. The number of fused-ring (bicyclic) bond motifs is 1. The highest BCUT2D eigenvalue weighted by atomic mass is 32.2. The molecule has 0 spiro atoms. The summed E-state index contributed by atoms with van der Waals surface area (Å²) in [5.74, 6) is -5.22. The highest BCUT2D eigenvalue weighted by Gasteiger charge is 2.55. The van der Waals surface area contributed by atoms with Gasteiger partial charge in [-0.05, 0) is 55.1 Å². The van der Waals surface area contributed by atoms with E-state index in [1.807, 2.05) is 97.9 Å². The molecule has 0 radical (unpaired) electrons. The minimum Gasteiger partial charge on any atom is -0.477 e. The molecule has 0 aliphatic carbocycles. The van der Waals surface area contributed by atoms with Crippen molar-refractivity contribution in [2.24, 2.45) is 5.16 Å². The van der Waals surface area contributed by atoms with Gasteiger partial charge in [-0.15, -0.1) is 23.1 Å². The lowest BCUT2D eigenvalue weighted by Crippen LogP contribution is -2.71. The van der Waals surface area contributed by atoms with Crippen molar-refractivity contribution in [2.45, 2.75) is 55.5 Å². The molecule has 1 aromatic heterocycles. The molecule has 3 atom stereocenters. The number of aliphatic carboxylic acids is 2. The quantitative estimate of drug-likeness (QED) is 0.0388. The Morgan fingerprint density at radius 3 is 1.88 bits per heavy atom. The Morgan fingerprint density at radius 2 is 1.42 bits per heavy atom. The van der Waals surface area contributed by atoms with Crippen molar-refractivity contribution in [3.63, 3.8) is 0 Å². The number of carboxylic acid groups (broad SMARTS) is 2. The van der Waals surface area contributed by atoms with Crippen molar-refractivity contribution in [3.8, 4) is 0 Å². The van der Waals surface area contributed by atoms with Crippen LogP contribution in [0.15, 0.2) is 113 Å². The molecule has 2 saturated heterocycles. The smallest absolute Gasteiger partial charge is 0.477 e. The minimum atomic E-state index is -5.08. The molecule has 2 unspecified atom stereocenters. The average molecular weight is 873 g/mol. The van der Waals surface area contributed by atoms with E-state index in [0.717, 1.165) is 54.0 Å². The summed E-state index contributed by atoms with van der Waals surface area (Å²) in [5, 5.41) is 28.1. The number of hydrogen-bond acceptors (Lipinski definition) is 11. The maximum absolute atomic E-state index is 13.8. The second-order valence-corrected chi connectivity index (χ2v) is 15.5. The minimum absolute atomic E-state index is 0.0634. The lowest BCUT2D eigenvalue weighted by atomic mass is 9.77. The standard InChI is InChI=1S/C38H36F2N6O5S2.C2HF3O2/c1-23(45-19-11-12-20-45)27-21-52-34-30(33(48)46(34)31(27)35(49)50)42-32(47)29(44-51-36(39)40)28-22-53-37(41-28)43-38(24-13-5-2-6-14-24,25-15-7-3-8-16-25)26-17-9-4-10-18-26;3-2(4,5)1(6)7/h2-10,13-18,22-23,30,34,36H,11-12,19-21H2,1H3,(H,41,43)(H,42,47)(H,49,50);(H,6,7)/t23?,30?,34-;/m0./s1. The molecule has 0 saturated carbocycles. The second-order valence-electron chi connectivity index (χ2n) is 13.6. The molecule has 2 fully saturated rings. The van der Waals surface area contributed by atoms with E-state index in [0.29, 0.717) is 16.5 Å². The number of nitrogens with zero attached hydrogens (tertiary/aromatic N) is 4. The molecule has 60 heavy (non-hydrogen) atoms. The van der Waals surface area contributed by atoms with Gasteiger partial charge in [0, 0.05) is 17.2 Å². The number of aromatic nitrogens is 1. The Morgan fingerprint density at radius 1 is 0.900 bits per heavy atom. The number of alkyl halides is 5. The fraction of sp³-hybridized carbons (Fsp3) is 0.300. The zero-order valence-corrected chi connectivity index (χ0v) is 33.1. The van der Waals surface area contributed by atoms with E-state index >= 15 is 0 Å². The summed E-state index contributed by atoms with van der Waals surface area (Å²) >= 11 is 2.47. The van der Waals surface area contributed by atoms with Crippen molar-refractivity contribution in [3.05, 3.63) is 130 Å². The lowest BCUT2D eigenvalue weighted by Gasteiger charge is -2.50. The van der Waals surface area contributed by atoms with Gasteiger partial charge in [0.05, 0.1) is 0 Å². The molecule has 3 aliphatic heterocycles. The number of carbonyl (C=O) groups is 4. The predicted octanol–water partition coefficient (Wildman–Crippen LogP) is 6.35. The van der Waals surface area contributed by atoms with Crippen LogP contribution in [0.5, 0.6) is 0 Å². The van der Waals surface area contributed by atoms with Crippen LogP contribution in [0.1, 0.15) is 42.1 Å². The number of rotatable bonds is 13. The van der Waals surface area contributed by atoms with Gasteiger partial charge >= 0.3 is 24.7 Å². The molecule has 20 heteroatoms. The number of nitrogens with one attached hydrogen (secondary N) is 2. The molecule has 13 nitrogen and oxygen atoms in total. The van der Waals surface area contributed by atoms with Gasteiger partial charge in [0.2, 0.25) is 0 Å². The van der Waals surface area contributed by atoms with Gasteiger partial charge in [-0.2, -0.15) is 22.0 Å². The highest BCUT2D eigenvalue weighted by Crippen LogP contribution is 2.43. The van der Waals surface area contributed by atoms with Crippen LogP contribution in [0.3, 0.4) is 0 Å². The fourth-order valence-electron chi connectivity index (χ4n) is 7.20. The fourth-order valence-corrected chi connectivity index (χ4v) is 9.41. The van der Waals surface area contributed by atoms with E-state index in [-0.39, 0.29) is 17.4 Å². The third kappa shape index (κ3) is 9.29. The molecule has 4 N–H and O–H groups in total. The maximum atomic E-state index is 13.8. The zero-order valence-electron chi connectivity index (χ0n) is 31.5. The van der Waals surface area contributed by atoms with E-state index in [1.165, 1.54) is 22.0 Å². The molecule has 4 aromatic rings. The Balaban J connectivity index is 0.000000793. The highest BCUT2D eigenvalue weighted by molar-refractivity contribution is 8.00. The molecule has 3 aliphatic rings. The van der Waals surface area contributed by atoms with Crippen LogP contribution in [0.4, 0.5) is 27.1 Å². The Labute approximate surface area is 347 Å². The summed E-state index contributed by atoms with van der Waals surface area (Å²) in [4.78, 5) is 60.9. The third-order valence-electron chi connectivity index (χ3n) is 10.0. The first-order chi connectivity index (χ1) is 28.6. The van der Waals surface area contributed by atoms with Crippen LogP contribution >= 0.6 is 23.1 Å². The predicted molar refractivity (Wildman–Crippen MR) is 212 cm³/mol. The summed E-state index contributed by atoms with van der Waals surface area (Å²) in [7, 11) is 0. The van der Waals surface area contributed by atoms with Gasteiger partial charge < -0.3 is 25.7 Å². The van der Waals surface area contributed by atoms with Gasteiger partial charge in [-0.3, -0.25) is 19.4 Å². The van der Waals surface area contributed by atoms with Gasteiger partial charge in [0.15, 0.2) is 10.8 Å². The second kappa shape index (κ2) is 18.6. The maximum Gasteiger partial charge on any atom is 0.490 e. The molecular formula is C40H37F5N6O7S2. The van der Waals surface area contributed by atoms with E-state index in [9.17, 15) is 41.4 Å². The number of β-lactam (4-membered cyclic amide) rings is 1. The van der Waals surface area contributed by atoms with Gasteiger partial charge in [0.25, 0.3) is 11.8 Å². The third-order valence-corrected chi connectivity index (χ3v) is 12.1. The van der Waals surface area contributed by atoms with Crippen molar-refractivity contribution >= 4 is 57.7 Å². The lowest BCUT2D eigenvalue weighted by molar-refractivity contribution is -0.192. The summed E-state index contributed by atoms with van der Waals surface area (Å²) < 4.78 is 58.3. The topological polar surface area (TPSA) is 174 Å². The summed E-state index contributed by atoms with van der Waals surface area (Å²) in [6.07, 6.45) is -3.04. The van der Waals surface area contributed by atoms with Gasteiger partial charge in [0.1, 0.15) is 28.3 Å². The molecule has 7 rings (SSSR count). The van der Waals surface area contributed by atoms with Gasteiger partial charge in [-0.25, -0.2) is 14.6 Å². The number of thioether (sulfide) groups is 1. The van der Waals surface area contributed by atoms with E-state index in [4.69, 9.17) is 9.90 Å². The van der Waals surface area contributed by atoms with Crippen molar-refractivity contribution in [1.82, 2.24) is 20.1 Å². The van der Waals surface area contributed by atoms with E-state index in [1.54, 1.807) is 0 Å². The molecule has 4 heterocycles. The number of hydrogen-bond donors (Lipinski definition) is 4. The van der Waals surface area contributed by atoms with Crippen LogP contribution in [-0.2, 0) is 29.6 Å². The number of benzene rings is 3. The first-order valence-corrected chi connectivity index (χ1v) is 20.2. The van der Waals surface area contributed by atoms with Crippen LogP contribution in [0.2, 0.25) is 0 Å². The van der Waals surface area contributed by atoms with Crippen molar-refractivity contribution in [2.75, 3.05) is 24.2 Å². The summed E-state index contributed by atoms with van der Waals surface area (Å²) in [6.45, 7) is 0.312. The number of likely N-dealkylation sites (tertiary alicyclic amines) is 1. The molecule has 0 bridgehead atoms. The first-order valence-electron chi connectivity index (χ1n) is 18.3. The summed E-state index contributed by atoms with van der Waals surface area (Å²) in [5.41, 5.74) is 1.67. The SMILES string of the molecule is CC(C1=C(C(=O)O)N2C(=O)C(NC(=O)C(=NOC(F)F)c3csc(NC(c4ccccc4)(c4ccccc4)c4ccccc4)n3)[C@@H]2SC1)N1CCCC1.O=C(O)C(F)(F)F. The number of anilines is 1. The summed E-state index contributed by atoms with van der Waals surface area (Å²) in [6, 6.07) is 28.0. The van der Waals surface area contributed by atoms with Crippen molar-refractivity contribution < 1.29 is 56.2 Å². The number of thiazole rings is 1. The average Bonchev–Trinajstić information content (AvgIpc) is 3.95. The monoisotopic (exact) mass is 872 g/mol. The van der Waals surface area contributed by atoms with Crippen LogP contribution in [0.25, 0.3) is 0 Å². The first kappa shape index (κ1) is 43.7. The van der Waals surface area contributed by atoms with Crippen molar-refractivity contribution in [1.29, 1.82) is 0 Å². The number of oxime groups is 1. The molecule has 3 aromatic carbocycles. The number of carbonyl (C=O) groups excluding carboxylic acids is 2. The molecule has 2 amide bonds. The normalized spacial score (nSPS) is 18.8. The molecular weight excluding hydrogens is 836 g/mol. The van der Waals surface area contributed by atoms with Crippen LogP contribution in [-0.4, -0.2) is 104 Å². The Hall–Kier alpha value is -5.86.